The maximum absolute atomic E-state index is 13.4. The molecule has 0 spiro atoms. The number of aliphatic hydroxyl groups is 1. The Morgan fingerprint density at radius 2 is 1.72 bits per heavy atom. The van der Waals surface area contributed by atoms with E-state index in [-0.39, 0.29) is 17.9 Å². The number of Topliss-reactive ketones (excluding diaryl/α,β-unsaturated/α-hetero) is 1. The zero-order chi connectivity index (χ0) is 27.5. The van der Waals surface area contributed by atoms with Crippen LogP contribution in [0.5, 0.6) is 17.2 Å². The number of nitrogens with zero attached hydrogens (tertiary/aromatic N) is 1. The summed E-state index contributed by atoms with van der Waals surface area (Å²) in [5, 5.41) is 12.4. The fourth-order valence-corrected chi connectivity index (χ4v) is 5.09. The molecule has 1 atom stereocenters. The van der Waals surface area contributed by atoms with Gasteiger partial charge in [0, 0.05) is 29.2 Å². The van der Waals surface area contributed by atoms with E-state index in [0.29, 0.717) is 41.4 Å². The van der Waals surface area contributed by atoms with E-state index in [0.717, 1.165) is 16.5 Å². The second-order valence-corrected chi connectivity index (χ2v) is 9.17. The number of aromatic nitrogens is 1. The molecule has 8 nitrogen and oxygen atoms in total. The van der Waals surface area contributed by atoms with E-state index >= 15 is 0 Å². The first-order valence-electron chi connectivity index (χ1n) is 12.7. The molecule has 1 amide bonds. The van der Waals surface area contributed by atoms with E-state index in [1.165, 1.54) is 19.1 Å². The minimum atomic E-state index is -0.818. The average Bonchev–Trinajstić information content (AvgIpc) is 3.49. The zero-order valence-corrected chi connectivity index (χ0v) is 22.1. The number of rotatable bonds is 9. The van der Waals surface area contributed by atoms with Gasteiger partial charge in [0.1, 0.15) is 11.5 Å². The number of nitrogens with one attached hydrogen (secondary N) is 1. The van der Waals surface area contributed by atoms with Gasteiger partial charge in [0.05, 0.1) is 32.4 Å². The lowest BCUT2D eigenvalue weighted by atomic mass is 9.94. The molecule has 1 unspecified atom stereocenters. The lowest BCUT2D eigenvalue weighted by molar-refractivity contribution is -0.139. The van der Waals surface area contributed by atoms with Gasteiger partial charge in [-0.05, 0) is 66.9 Å². The highest BCUT2D eigenvalue weighted by Crippen LogP contribution is 2.42. The number of amides is 1. The summed E-state index contributed by atoms with van der Waals surface area (Å²) in [4.78, 5) is 31.6. The standard InChI is InChI=1S/C31H30N2O6/c1-4-39-22-12-9-19(10-13-22)29(34)27-28(20-11-14-25(37-2)26(17-20)38-3)33(31(36)30(27)35)16-15-21-18-32-24-8-6-5-7-23(21)24/h5-14,17-18,28,32,34H,4,15-16H2,1-3H3. The molecular formula is C31H30N2O6. The molecule has 1 aliphatic heterocycles. The van der Waals surface area contributed by atoms with Crippen LogP contribution in [0.1, 0.15) is 29.7 Å². The predicted molar refractivity (Wildman–Crippen MR) is 148 cm³/mol. The monoisotopic (exact) mass is 526 g/mol. The molecule has 4 aromatic rings. The van der Waals surface area contributed by atoms with Crippen molar-refractivity contribution in [3.8, 4) is 17.2 Å². The number of benzene rings is 3. The molecule has 1 saturated heterocycles. The molecule has 200 valence electrons. The van der Waals surface area contributed by atoms with Gasteiger partial charge in [-0.1, -0.05) is 24.3 Å². The van der Waals surface area contributed by atoms with Crippen LogP contribution in [0.2, 0.25) is 0 Å². The van der Waals surface area contributed by atoms with Crippen molar-refractivity contribution in [2.75, 3.05) is 27.4 Å². The number of aromatic amines is 1. The molecule has 0 radical (unpaired) electrons. The number of likely N-dealkylation sites (tertiary alicyclic amines) is 1. The molecular weight excluding hydrogens is 496 g/mol. The zero-order valence-electron chi connectivity index (χ0n) is 22.1. The third kappa shape index (κ3) is 4.81. The Morgan fingerprint density at radius 1 is 0.974 bits per heavy atom. The highest BCUT2D eigenvalue weighted by Gasteiger charge is 2.46. The van der Waals surface area contributed by atoms with Crippen molar-refractivity contribution < 1.29 is 28.9 Å². The Bertz CT molecular complexity index is 1550. The lowest BCUT2D eigenvalue weighted by Gasteiger charge is -2.26. The topological polar surface area (TPSA) is 101 Å². The number of hydrogen-bond donors (Lipinski definition) is 2. The van der Waals surface area contributed by atoms with Crippen molar-refractivity contribution in [1.82, 2.24) is 9.88 Å². The SMILES string of the molecule is CCOc1ccc(C(O)=C2C(=O)C(=O)N(CCc3c[nH]c4ccccc34)C2c2ccc(OC)c(OC)c2)cc1. The van der Waals surface area contributed by atoms with Crippen LogP contribution in [0.4, 0.5) is 0 Å². The summed E-state index contributed by atoms with van der Waals surface area (Å²) in [6, 6.07) is 19.1. The fourth-order valence-electron chi connectivity index (χ4n) is 5.09. The quantitative estimate of drug-likeness (QED) is 0.176. The first kappa shape index (κ1) is 25.9. The molecule has 1 aliphatic rings. The average molecular weight is 527 g/mol. The Kier molecular flexibility index (Phi) is 7.27. The van der Waals surface area contributed by atoms with Crippen LogP contribution in [0.15, 0.2) is 78.5 Å². The number of ether oxygens (including phenoxy) is 3. The van der Waals surface area contributed by atoms with Gasteiger partial charge in [-0.15, -0.1) is 0 Å². The van der Waals surface area contributed by atoms with E-state index < -0.39 is 17.7 Å². The molecule has 8 heteroatoms. The van der Waals surface area contributed by atoms with E-state index in [1.54, 1.807) is 42.5 Å². The van der Waals surface area contributed by atoms with E-state index in [9.17, 15) is 14.7 Å². The Hall–Kier alpha value is -4.72. The Balaban J connectivity index is 1.58. The summed E-state index contributed by atoms with van der Waals surface area (Å²) in [6.45, 7) is 2.66. The minimum absolute atomic E-state index is 0.0234. The Morgan fingerprint density at radius 3 is 2.44 bits per heavy atom. The van der Waals surface area contributed by atoms with E-state index in [2.05, 4.69) is 4.98 Å². The fraction of sp³-hybridized carbons (Fsp3) is 0.226. The summed E-state index contributed by atoms with van der Waals surface area (Å²) >= 11 is 0. The third-order valence-corrected chi connectivity index (χ3v) is 7.00. The predicted octanol–water partition coefficient (Wildman–Crippen LogP) is 5.25. The van der Waals surface area contributed by atoms with Crippen molar-refractivity contribution in [2.24, 2.45) is 0 Å². The first-order chi connectivity index (χ1) is 19.0. The van der Waals surface area contributed by atoms with Crippen LogP contribution in [0, 0.1) is 0 Å². The second kappa shape index (κ2) is 10.9. The van der Waals surface area contributed by atoms with Crippen LogP contribution in [0.25, 0.3) is 16.7 Å². The number of carbonyl (C=O) groups is 2. The summed E-state index contributed by atoms with van der Waals surface area (Å²) < 4.78 is 16.4. The molecule has 0 saturated carbocycles. The summed E-state index contributed by atoms with van der Waals surface area (Å²) in [5.74, 6) is -0.0283. The van der Waals surface area contributed by atoms with Crippen molar-refractivity contribution in [2.45, 2.75) is 19.4 Å². The van der Waals surface area contributed by atoms with Gasteiger partial charge in [0.15, 0.2) is 11.5 Å². The van der Waals surface area contributed by atoms with Crippen molar-refractivity contribution >= 4 is 28.4 Å². The minimum Gasteiger partial charge on any atom is -0.507 e. The molecule has 5 rings (SSSR count). The van der Waals surface area contributed by atoms with Crippen LogP contribution >= 0.6 is 0 Å². The molecule has 39 heavy (non-hydrogen) atoms. The van der Waals surface area contributed by atoms with E-state index in [4.69, 9.17) is 14.2 Å². The molecule has 2 N–H and O–H groups in total. The number of hydrogen-bond acceptors (Lipinski definition) is 6. The van der Waals surface area contributed by atoms with Crippen LogP contribution in [-0.2, 0) is 16.0 Å². The number of aliphatic hydroxyl groups excluding tert-OH is 1. The number of carbonyl (C=O) groups excluding carboxylic acids is 2. The highest BCUT2D eigenvalue weighted by atomic mass is 16.5. The summed E-state index contributed by atoms with van der Waals surface area (Å²) in [5.41, 5.74) is 3.10. The smallest absolute Gasteiger partial charge is 0.295 e. The normalized spacial score (nSPS) is 16.6. The highest BCUT2D eigenvalue weighted by molar-refractivity contribution is 6.46. The van der Waals surface area contributed by atoms with Crippen molar-refractivity contribution in [1.29, 1.82) is 0 Å². The van der Waals surface area contributed by atoms with Gasteiger partial charge < -0.3 is 29.2 Å². The lowest BCUT2D eigenvalue weighted by Crippen LogP contribution is -2.31. The van der Waals surface area contributed by atoms with Gasteiger partial charge in [-0.25, -0.2) is 0 Å². The maximum atomic E-state index is 13.4. The first-order valence-corrected chi connectivity index (χ1v) is 12.7. The molecule has 2 heterocycles. The van der Waals surface area contributed by atoms with Gasteiger partial charge in [0.25, 0.3) is 11.7 Å². The molecule has 0 bridgehead atoms. The number of para-hydroxylation sites is 1. The number of fused-ring (bicyclic) bond motifs is 1. The molecule has 0 aliphatic carbocycles. The molecule has 3 aromatic carbocycles. The largest absolute Gasteiger partial charge is 0.507 e. The summed E-state index contributed by atoms with van der Waals surface area (Å²) in [6.07, 6.45) is 2.44. The second-order valence-electron chi connectivity index (χ2n) is 9.17. The third-order valence-electron chi connectivity index (χ3n) is 7.00. The van der Waals surface area contributed by atoms with Crippen LogP contribution < -0.4 is 14.2 Å². The summed E-state index contributed by atoms with van der Waals surface area (Å²) in [7, 11) is 3.06. The number of H-pyrrole nitrogens is 1. The van der Waals surface area contributed by atoms with Crippen molar-refractivity contribution in [3.63, 3.8) is 0 Å². The van der Waals surface area contributed by atoms with E-state index in [1.807, 2.05) is 37.4 Å². The van der Waals surface area contributed by atoms with Crippen LogP contribution in [0.3, 0.4) is 0 Å². The maximum Gasteiger partial charge on any atom is 0.295 e. The van der Waals surface area contributed by atoms with Crippen LogP contribution in [-0.4, -0.2) is 54.1 Å². The number of methoxy groups -OCH3 is 2. The van der Waals surface area contributed by atoms with Gasteiger partial charge in [-0.2, -0.15) is 0 Å². The number of ketones is 1. The Labute approximate surface area is 226 Å². The van der Waals surface area contributed by atoms with Gasteiger partial charge >= 0.3 is 0 Å². The molecule has 1 aromatic heterocycles. The molecule has 1 fully saturated rings. The van der Waals surface area contributed by atoms with Crippen molar-refractivity contribution in [3.05, 3.63) is 95.2 Å². The van der Waals surface area contributed by atoms with Gasteiger partial charge in [-0.3, -0.25) is 9.59 Å². The van der Waals surface area contributed by atoms with Gasteiger partial charge in [0.2, 0.25) is 0 Å².